The maximum Gasteiger partial charge on any atom is 0.124 e. The number of hydrogen-bond acceptors (Lipinski definition) is 2. The number of rotatable bonds is 1. The Morgan fingerprint density at radius 2 is 0.773 bits per heavy atom. The van der Waals surface area contributed by atoms with Crippen molar-refractivity contribution in [3.05, 3.63) is 72.8 Å². The summed E-state index contributed by atoms with van der Waals surface area (Å²) in [7, 11) is 0. The van der Waals surface area contributed by atoms with Gasteiger partial charge in [0.25, 0.3) is 0 Å². The van der Waals surface area contributed by atoms with Gasteiger partial charge in [0.15, 0.2) is 0 Å². The van der Waals surface area contributed by atoms with Gasteiger partial charge in [-0.1, -0.05) is 48.5 Å². The van der Waals surface area contributed by atoms with Gasteiger partial charge in [-0.15, -0.1) is 0 Å². The van der Waals surface area contributed by atoms with Crippen molar-refractivity contribution in [2.45, 2.75) is 0 Å². The molecule has 0 heterocycles. The molecule has 0 bridgehead atoms. The number of hydrogen-bond donors (Lipinski definition) is 2. The predicted octanol–water partition coefficient (Wildman–Crippen LogP) is 5.07. The number of benzene rings is 4. The first-order valence-electron chi connectivity index (χ1n) is 7.16. The molecule has 2 nitrogen and oxygen atoms in total. The van der Waals surface area contributed by atoms with Crippen LogP contribution in [0.3, 0.4) is 0 Å². The summed E-state index contributed by atoms with van der Waals surface area (Å²) in [6.45, 7) is 0. The van der Waals surface area contributed by atoms with Crippen molar-refractivity contribution in [1.29, 1.82) is 0 Å². The van der Waals surface area contributed by atoms with Gasteiger partial charge in [0.2, 0.25) is 0 Å². The SMILES string of the molecule is Oc1cc2ccccc2cc1-c1cc2ccccc2cc1O. The Morgan fingerprint density at radius 1 is 0.455 bits per heavy atom. The van der Waals surface area contributed by atoms with Crippen LogP contribution in [0, 0.1) is 0 Å². The lowest BCUT2D eigenvalue weighted by atomic mass is 9.97. The standard InChI is InChI=1S/C20H14O2/c21-19-11-15-7-3-1-5-13(15)9-17(19)18-10-14-6-2-4-8-16(14)12-20(18)22/h1-12,21-22H. The van der Waals surface area contributed by atoms with Crippen molar-refractivity contribution in [3.63, 3.8) is 0 Å². The highest BCUT2D eigenvalue weighted by molar-refractivity contribution is 5.95. The largest absolute Gasteiger partial charge is 0.507 e. The van der Waals surface area contributed by atoms with E-state index in [2.05, 4.69) is 0 Å². The van der Waals surface area contributed by atoms with Crippen molar-refractivity contribution >= 4 is 21.5 Å². The third-order valence-electron chi connectivity index (χ3n) is 4.02. The minimum Gasteiger partial charge on any atom is -0.507 e. The smallest absolute Gasteiger partial charge is 0.124 e. The first-order valence-corrected chi connectivity index (χ1v) is 7.16. The monoisotopic (exact) mass is 286 g/mol. The summed E-state index contributed by atoms with van der Waals surface area (Å²) in [5, 5.41) is 24.7. The molecule has 0 aliphatic heterocycles. The molecule has 0 amide bonds. The Labute approximate surface area is 127 Å². The molecule has 0 fully saturated rings. The molecule has 0 saturated heterocycles. The molecule has 0 saturated carbocycles. The minimum absolute atomic E-state index is 0.171. The van der Waals surface area contributed by atoms with Crippen LogP contribution in [0.5, 0.6) is 11.5 Å². The second-order valence-corrected chi connectivity index (χ2v) is 5.43. The second-order valence-electron chi connectivity index (χ2n) is 5.43. The van der Waals surface area contributed by atoms with Crippen molar-refractivity contribution in [2.24, 2.45) is 0 Å². The van der Waals surface area contributed by atoms with Crippen LogP contribution >= 0.6 is 0 Å². The molecule has 4 aromatic carbocycles. The first kappa shape index (κ1) is 12.7. The first-order chi connectivity index (χ1) is 10.7. The molecule has 0 aromatic heterocycles. The molecule has 4 aromatic rings. The van der Waals surface area contributed by atoms with Gasteiger partial charge in [-0.25, -0.2) is 0 Å². The fourth-order valence-corrected chi connectivity index (χ4v) is 2.89. The second kappa shape index (κ2) is 4.78. The molecule has 106 valence electrons. The Kier molecular flexibility index (Phi) is 2.76. The molecule has 0 radical (unpaired) electrons. The van der Waals surface area contributed by atoms with Crippen LogP contribution < -0.4 is 0 Å². The van der Waals surface area contributed by atoms with Crippen molar-refractivity contribution < 1.29 is 10.2 Å². The van der Waals surface area contributed by atoms with E-state index in [4.69, 9.17) is 0 Å². The summed E-state index contributed by atoms with van der Waals surface area (Å²) in [6, 6.07) is 23.0. The zero-order valence-electron chi connectivity index (χ0n) is 11.8. The topological polar surface area (TPSA) is 40.5 Å². The zero-order valence-corrected chi connectivity index (χ0v) is 11.8. The number of phenolic OH excluding ortho intramolecular Hbond substituents is 2. The number of phenols is 2. The summed E-state index contributed by atoms with van der Waals surface area (Å²) in [6.07, 6.45) is 0. The predicted molar refractivity (Wildman–Crippen MR) is 90.2 cm³/mol. The van der Waals surface area contributed by atoms with Crippen LogP contribution in [-0.4, -0.2) is 10.2 Å². The third-order valence-corrected chi connectivity index (χ3v) is 4.02. The van der Waals surface area contributed by atoms with E-state index >= 15 is 0 Å². The maximum absolute atomic E-state index is 10.3. The van der Waals surface area contributed by atoms with Crippen LogP contribution in [-0.2, 0) is 0 Å². The van der Waals surface area contributed by atoms with Crippen LogP contribution in [0.4, 0.5) is 0 Å². The molecule has 0 aliphatic rings. The molecule has 2 N–H and O–H groups in total. The molecule has 0 unspecified atom stereocenters. The summed E-state index contributed by atoms with van der Waals surface area (Å²) in [5.41, 5.74) is 1.28. The zero-order chi connectivity index (χ0) is 15.1. The van der Waals surface area contributed by atoms with E-state index < -0.39 is 0 Å². The third kappa shape index (κ3) is 1.97. The van der Waals surface area contributed by atoms with Gasteiger partial charge >= 0.3 is 0 Å². The Balaban J connectivity index is 2.02. The molecule has 0 atom stereocenters. The van der Waals surface area contributed by atoms with Crippen LogP contribution in [0.1, 0.15) is 0 Å². The highest BCUT2D eigenvalue weighted by Crippen LogP contribution is 2.39. The van der Waals surface area contributed by atoms with Gasteiger partial charge < -0.3 is 10.2 Å². The molecular weight excluding hydrogens is 272 g/mol. The maximum atomic E-state index is 10.3. The van der Waals surface area contributed by atoms with Gasteiger partial charge in [-0.05, 0) is 45.8 Å². The molecule has 4 rings (SSSR count). The van der Waals surface area contributed by atoms with Gasteiger partial charge in [0.1, 0.15) is 11.5 Å². The summed E-state index contributed by atoms with van der Waals surface area (Å²) in [5.74, 6) is 0.341. The van der Waals surface area contributed by atoms with Crippen molar-refractivity contribution in [3.8, 4) is 22.6 Å². The lowest BCUT2D eigenvalue weighted by molar-refractivity contribution is 0.470. The Morgan fingerprint density at radius 3 is 1.14 bits per heavy atom. The van der Waals surface area contributed by atoms with E-state index in [1.807, 2.05) is 60.7 Å². The highest BCUT2D eigenvalue weighted by atomic mass is 16.3. The normalized spacial score (nSPS) is 11.1. The number of fused-ring (bicyclic) bond motifs is 2. The molecule has 0 aliphatic carbocycles. The summed E-state index contributed by atoms with van der Waals surface area (Å²) >= 11 is 0. The van der Waals surface area contributed by atoms with E-state index in [1.54, 1.807) is 12.1 Å². The van der Waals surface area contributed by atoms with E-state index in [1.165, 1.54) is 0 Å². The molecule has 0 spiro atoms. The van der Waals surface area contributed by atoms with Crippen LogP contribution in [0.15, 0.2) is 72.8 Å². The van der Waals surface area contributed by atoms with Gasteiger partial charge in [-0.2, -0.15) is 0 Å². The fourth-order valence-electron chi connectivity index (χ4n) is 2.89. The minimum atomic E-state index is 0.171. The van der Waals surface area contributed by atoms with E-state index in [0.717, 1.165) is 21.5 Å². The fraction of sp³-hybridized carbons (Fsp3) is 0. The van der Waals surface area contributed by atoms with Gasteiger partial charge in [-0.3, -0.25) is 0 Å². The molecule has 22 heavy (non-hydrogen) atoms. The summed E-state index contributed by atoms with van der Waals surface area (Å²) < 4.78 is 0. The molecular formula is C20H14O2. The van der Waals surface area contributed by atoms with Gasteiger partial charge in [0.05, 0.1) is 0 Å². The lowest BCUT2D eigenvalue weighted by Gasteiger charge is -2.11. The molecule has 2 heteroatoms. The van der Waals surface area contributed by atoms with E-state index in [0.29, 0.717) is 11.1 Å². The average molecular weight is 286 g/mol. The average Bonchev–Trinajstić information content (AvgIpc) is 2.54. The number of aromatic hydroxyl groups is 2. The van der Waals surface area contributed by atoms with Crippen molar-refractivity contribution in [1.82, 2.24) is 0 Å². The van der Waals surface area contributed by atoms with Crippen LogP contribution in [0.25, 0.3) is 32.7 Å². The van der Waals surface area contributed by atoms with Gasteiger partial charge in [0, 0.05) is 11.1 Å². The van der Waals surface area contributed by atoms with Crippen molar-refractivity contribution in [2.75, 3.05) is 0 Å². The Hall–Kier alpha value is -3.00. The van der Waals surface area contributed by atoms with E-state index in [9.17, 15) is 10.2 Å². The van der Waals surface area contributed by atoms with E-state index in [-0.39, 0.29) is 11.5 Å². The summed E-state index contributed by atoms with van der Waals surface area (Å²) in [4.78, 5) is 0. The quantitative estimate of drug-likeness (QED) is 0.513. The highest BCUT2D eigenvalue weighted by Gasteiger charge is 2.11. The Bertz CT molecular complexity index is 920. The lowest BCUT2D eigenvalue weighted by Crippen LogP contribution is -1.83. The van der Waals surface area contributed by atoms with Crippen LogP contribution in [0.2, 0.25) is 0 Å².